The highest BCUT2D eigenvalue weighted by Gasteiger charge is 2.43. The Morgan fingerprint density at radius 3 is 1.89 bits per heavy atom. The minimum absolute atomic E-state index is 0.517. The van der Waals surface area contributed by atoms with Crippen molar-refractivity contribution < 1.29 is 14.6 Å². The van der Waals surface area contributed by atoms with Crippen molar-refractivity contribution in [3.63, 3.8) is 0 Å². The Kier molecular flexibility index (Phi) is 3.76. The van der Waals surface area contributed by atoms with Gasteiger partial charge in [-0.2, -0.15) is 0 Å². The van der Waals surface area contributed by atoms with Crippen LogP contribution in [0.25, 0.3) is 0 Å². The maximum Gasteiger partial charge on any atom is 0.167 e. The van der Waals surface area contributed by atoms with Gasteiger partial charge in [-0.3, -0.25) is 0 Å². The summed E-state index contributed by atoms with van der Waals surface area (Å²) in [5, 5.41) is 10.7. The van der Waals surface area contributed by atoms with Crippen LogP contribution in [-0.4, -0.2) is 25.1 Å². The molecule has 0 saturated heterocycles. The van der Waals surface area contributed by atoms with Crippen LogP contribution >= 0.6 is 0 Å². The van der Waals surface area contributed by atoms with Crippen molar-refractivity contribution in [1.82, 2.24) is 0 Å². The molecular weight excluding hydrogens is 228 g/mol. The molecule has 3 nitrogen and oxygen atoms in total. The van der Waals surface area contributed by atoms with Gasteiger partial charge in [-0.15, -0.1) is 0 Å². The van der Waals surface area contributed by atoms with E-state index in [-0.39, 0.29) is 0 Å². The van der Waals surface area contributed by atoms with Crippen molar-refractivity contribution >= 4 is 0 Å². The quantitative estimate of drug-likeness (QED) is 0.838. The van der Waals surface area contributed by atoms with E-state index in [0.717, 1.165) is 5.56 Å². The molecule has 0 atom stereocenters. The summed E-state index contributed by atoms with van der Waals surface area (Å²) in [5.74, 6) is -0.517. The molecule has 0 aromatic heterocycles. The molecule has 100 valence electrons. The number of ether oxygens (including phenoxy) is 2. The van der Waals surface area contributed by atoms with Gasteiger partial charge in [0.1, 0.15) is 0 Å². The van der Waals surface area contributed by atoms with E-state index < -0.39 is 11.4 Å². The minimum Gasteiger partial charge on any atom is -0.385 e. The normalized spacial score (nSPS) is 21.8. The van der Waals surface area contributed by atoms with Crippen LogP contribution in [0.1, 0.15) is 36.8 Å². The van der Waals surface area contributed by atoms with Crippen LogP contribution in [0.4, 0.5) is 0 Å². The molecule has 1 aliphatic carbocycles. The van der Waals surface area contributed by atoms with Crippen LogP contribution < -0.4 is 0 Å². The second kappa shape index (κ2) is 5.00. The zero-order chi connectivity index (χ0) is 13.2. The molecule has 1 aromatic carbocycles. The van der Waals surface area contributed by atoms with E-state index >= 15 is 0 Å². The summed E-state index contributed by atoms with van der Waals surface area (Å²) in [4.78, 5) is 0. The van der Waals surface area contributed by atoms with E-state index in [4.69, 9.17) is 9.47 Å². The molecule has 18 heavy (non-hydrogen) atoms. The van der Waals surface area contributed by atoms with Crippen molar-refractivity contribution in [2.24, 2.45) is 0 Å². The van der Waals surface area contributed by atoms with Gasteiger partial charge in [-0.05, 0) is 25.3 Å². The molecule has 2 rings (SSSR count). The van der Waals surface area contributed by atoms with E-state index in [1.54, 1.807) is 14.2 Å². The summed E-state index contributed by atoms with van der Waals surface area (Å²) in [7, 11) is 3.33. The van der Waals surface area contributed by atoms with Crippen LogP contribution in [0.15, 0.2) is 24.3 Å². The monoisotopic (exact) mass is 250 g/mol. The summed E-state index contributed by atoms with van der Waals surface area (Å²) in [6.45, 7) is 2.05. The van der Waals surface area contributed by atoms with Crippen LogP contribution in [0.3, 0.4) is 0 Å². The molecule has 1 aromatic rings. The first-order chi connectivity index (χ1) is 8.53. The first-order valence-corrected chi connectivity index (χ1v) is 6.43. The van der Waals surface area contributed by atoms with Crippen molar-refractivity contribution in [2.45, 2.75) is 44.0 Å². The summed E-state index contributed by atoms with van der Waals surface area (Å²) in [6, 6.07) is 8.12. The number of benzene rings is 1. The SMILES string of the molecule is COC1(OC)CCC(O)(c2ccc(C)cc2)CC1. The van der Waals surface area contributed by atoms with Gasteiger partial charge in [0.25, 0.3) is 0 Å². The van der Waals surface area contributed by atoms with E-state index in [2.05, 4.69) is 6.92 Å². The third kappa shape index (κ3) is 2.44. The van der Waals surface area contributed by atoms with Gasteiger partial charge in [0.15, 0.2) is 5.79 Å². The molecule has 1 fully saturated rings. The number of hydrogen-bond acceptors (Lipinski definition) is 3. The molecule has 0 bridgehead atoms. The second-order valence-corrected chi connectivity index (χ2v) is 5.22. The van der Waals surface area contributed by atoms with E-state index in [1.807, 2.05) is 24.3 Å². The van der Waals surface area contributed by atoms with Gasteiger partial charge in [-0.1, -0.05) is 29.8 Å². The third-order valence-electron chi connectivity index (χ3n) is 4.17. The third-order valence-corrected chi connectivity index (χ3v) is 4.17. The Bertz CT molecular complexity index is 383. The highest BCUT2D eigenvalue weighted by Crippen LogP contribution is 2.42. The molecule has 3 heteroatoms. The molecule has 0 aliphatic heterocycles. The Morgan fingerprint density at radius 2 is 1.44 bits per heavy atom. The Morgan fingerprint density at radius 1 is 0.944 bits per heavy atom. The van der Waals surface area contributed by atoms with Gasteiger partial charge < -0.3 is 14.6 Å². The highest BCUT2D eigenvalue weighted by atomic mass is 16.7. The van der Waals surface area contributed by atoms with Crippen LogP contribution in [0, 0.1) is 6.92 Å². The van der Waals surface area contributed by atoms with Gasteiger partial charge in [0.05, 0.1) is 5.60 Å². The van der Waals surface area contributed by atoms with Gasteiger partial charge >= 0.3 is 0 Å². The Hall–Kier alpha value is -0.900. The molecule has 1 saturated carbocycles. The summed E-state index contributed by atoms with van der Waals surface area (Å²) >= 11 is 0. The molecule has 0 amide bonds. The number of aryl methyl sites for hydroxylation is 1. The average molecular weight is 250 g/mol. The fourth-order valence-electron chi connectivity index (χ4n) is 2.69. The maximum atomic E-state index is 10.7. The molecule has 0 radical (unpaired) electrons. The molecule has 0 spiro atoms. The Labute approximate surface area is 109 Å². The van der Waals surface area contributed by atoms with Crippen molar-refractivity contribution in [3.05, 3.63) is 35.4 Å². The van der Waals surface area contributed by atoms with Crippen LogP contribution in [0.2, 0.25) is 0 Å². The lowest BCUT2D eigenvalue weighted by Gasteiger charge is -2.42. The van der Waals surface area contributed by atoms with Crippen molar-refractivity contribution in [3.8, 4) is 0 Å². The summed E-state index contributed by atoms with van der Waals surface area (Å²) < 4.78 is 10.9. The Balaban J connectivity index is 2.14. The number of hydrogen-bond donors (Lipinski definition) is 1. The first kappa shape index (κ1) is 13.5. The molecule has 0 unspecified atom stereocenters. The predicted molar refractivity (Wildman–Crippen MR) is 70.3 cm³/mol. The lowest BCUT2D eigenvalue weighted by molar-refractivity contribution is -0.243. The van der Waals surface area contributed by atoms with E-state index in [1.165, 1.54) is 5.56 Å². The number of aliphatic hydroxyl groups is 1. The van der Waals surface area contributed by atoms with Gasteiger partial charge in [0.2, 0.25) is 0 Å². The van der Waals surface area contributed by atoms with Crippen LogP contribution in [0.5, 0.6) is 0 Å². The summed E-state index contributed by atoms with van der Waals surface area (Å²) in [6.07, 6.45) is 2.75. The maximum absolute atomic E-state index is 10.7. The zero-order valence-corrected chi connectivity index (χ0v) is 11.4. The van der Waals surface area contributed by atoms with E-state index in [9.17, 15) is 5.11 Å². The van der Waals surface area contributed by atoms with Crippen molar-refractivity contribution in [1.29, 1.82) is 0 Å². The van der Waals surface area contributed by atoms with Crippen molar-refractivity contribution in [2.75, 3.05) is 14.2 Å². The lowest BCUT2D eigenvalue weighted by atomic mass is 9.77. The predicted octanol–water partition coefficient (Wildman–Crippen LogP) is 2.75. The smallest absolute Gasteiger partial charge is 0.167 e. The molecule has 1 N–H and O–H groups in total. The fraction of sp³-hybridized carbons (Fsp3) is 0.600. The largest absolute Gasteiger partial charge is 0.385 e. The van der Waals surface area contributed by atoms with Gasteiger partial charge in [0, 0.05) is 27.1 Å². The highest BCUT2D eigenvalue weighted by molar-refractivity contribution is 5.27. The average Bonchev–Trinajstić information content (AvgIpc) is 2.41. The summed E-state index contributed by atoms with van der Waals surface area (Å²) in [5.41, 5.74) is 1.46. The number of methoxy groups -OCH3 is 2. The minimum atomic E-state index is -0.742. The molecular formula is C15H22O3. The molecule has 0 heterocycles. The lowest BCUT2D eigenvalue weighted by Crippen LogP contribution is -2.43. The standard InChI is InChI=1S/C15H22O3/c1-12-4-6-13(7-5-12)14(16)8-10-15(17-2,18-3)11-9-14/h4-7,16H,8-11H2,1-3H3. The van der Waals surface area contributed by atoms with Gasteiger partial charge in [-0.25, -0.2) is 0 Å². The van der Waals surface area contributed by atoms with E-state index in [0.29, 0.717) is 25.7 Å². The first-order valence-electron chi connectivity index (χ1n) is 6.43. The molecule has 1 aliphatic rings. The van der Waals surface area contributed by atoms with Crippen LogP contribution in [-0.2, 0) is 15.1 Å². The zero-order valence-electron chi connectivity index (χ0n) is 11.4. The topological polar surface area (TPSA) is 38.7 Å². The number of rotatable bonds is 3. The fourth-order valence-corrected chi connectivity index (χ4v) is 2.69. The second-order valence-electron chi connectivity index (χ2n) is 5.22.